The fourth-order valence-electron chi connectivity index (χ4n) is 3.62. The quantitative estimate of drug-likeness (QED) is 0.641. The fourth-order valence-corrected chi connectivity index (χ4v) is 3.62. The van der Waals surface area contributed by atoms with Crippen LogP contribution in [0.3, 0.4) is 0 Å². The Bertz CT molecular complexity index is 1070. The van der Waals surface area contributed by atoms with E-state index in [9.17, 15) is 9.59 Å². The summed E-state index contributed by atoms with van der Waals surface area (Å²) in [5.74, 6) is 0.910. The van der Waals surface area contributed by atoms with Crippen LogP contribution in [0.1, 0.15) is 57.6 Å². The third kappa shape index (κ3) is 3.09. The van der Waals surface area contributed by atoms with Crippen LogP contribution >= 0.6 is 0 Å². The van der Waals surface area contributed by atoms with Crippen LogP contribution in [0.4, 0.5) is 5.69 Å². The lowest BCUT2D eigenvalue weighted by Crippen LogP contribution is -2.23. The second kappa shape index (κ2) is 6.99. The summed E-state index contributed by atoms with van der Waals surface area (Å²) in [4.78, 5) is 30.7. The number of rotatable bonds is 5. The van der Waals surface area contributed by atoms with Gasteiger partial charge in [0, 0.05) is 43.4 Å². The third-order valence-corrected chi connectivity index (χ3v) is 5.23. The Morgan fingerprint density at radius 2 is 2.11 bits per heavy atom. The van der Waals surface area contributed by atoms with Crippen LogP contribution in [-0.2, 0) is 20.0 Å². The second-order valence-corrected chi connectivity index (χ2v) is 7.19. The standard InChI is InChI=1S/C21H21N5O2/c1-13(9-19-24-23-12-25(19)3)15-5-4-6-16(10-15)26-11-18-17(21(26)28)7-8-22-20(18)14(2)27/h4-8,10,12-13H,9,11H2,1-3H3/t13-/m1/s1. The Balaban J connectivity index is 1.62. The van der Waals surface area contributed by atoms with E-state index >= 15 is 0 Å². The van der Waals surface area contributed by atoms with Crippen molar-refractivity contribution in [2.75, 3.05) is 4.90 Å². The summed E-state index contributed by atoms with van der Waals surface area (Å²) in [5, 5.41) is 8.09. The summed E-state index contributed by atoms with van der Waals surface area (Å²) in [7, 11) is 1.93. The zero-order chi connectivity index (χ0) is 19.8. The molecule has 142 valence electrons. The maximum absolute atomic E-state index is 12.9. The second-order valence-electron chi connectivity index (χ2n) is 7.19. The van der Waals surface area contributed by atoms with Crippen LogP contribution in [0.15, 0.2) is 42.9 Å². The van der Waals surface area contributed by atoms with E-state index in [0.717, 1.165) is 23.5 Å². The van der Waals surface area contributed by atoms with Crippen LogP contribution < -0.4 is 4.90 Å². The van der Waals surface area contributed by atoms with E-state index in [-0.39, 0.29) is 17.6 Å². The molecule has 7 nitrogen and oxygen atoms in total. The molecule has 7 heteroatoms. The number of hydrogen-bond donors (Lipinski definition) is 0. The number of benzene rings is 1. The van der Waals surface area contributed by atoms with Gasteiger partial charge < -0.3 is 9.47 Å². The van der Waals surface area contributed by atoms with Gasteiger partial charge in [0.1, 0.15) is 17.8 Å². The number of ketones is 1. The average Bonchev–Trinajstić information content (AvgIpc) is 3.25. The number of fused-ring (bicyclic) bond motifs is 1. The predicted octanol–water partition coefficient (Wildman–Crippen LogP) is 2.92. The summed E-state index contributed by atoms with van der Waals surface area (Å²) in [6, 6.07) is 9.65. The van der Waals surface area contributed by atoms with E-state index in [0.29, 0.717) is 23.4 Å². The minimum atomic E-state index is -0.127. The average molecular weight is 375 g/mol. The molecule has 0 fully saturated rings. The van der Waals surface area contributed by atoms with Gasteiger partial charge in [0.2, 0.25) is 0 Å². The van der Waals surface area contributed by atoms with Crippen LogP contribution in [0.25, 0.3) is 0 Å². The van der Waals surface area contributed by atoms with Crippen LogP contribution in [0, 0.1) is 0 Å². The zero-order valence-corrected chi connectivity index (χ0v) is 16.1. The Morgan fingerprint density at radius 1 is 1.29 bits per heavy atom. The molecule has 0 saturated heterocycles. The molecule has 1 aliphatic heterocycles. The molecule has 1 aliphatic rings. The summed E-state index contributed by atoms with van der Waals surface area (Å²) in [6.07, 6.45) is 3.97. The molecule has 3 heterocycles. The molecule has 0 spiro atoms. The normalized spacial score (nSPS) is 14.2. The molecule has 0 unspecified atom stereocenters. The maximum atomic E-state index is 12.9. The molecular formula is C21H21N5O2. The number of aryl methyl sites for hydroxylation is 1. The molecule has 0 radical (unpaired) electrons. The first-order valence-electron chi connectivity index (χ1n) is 9.19. The zero-order valence-electron chi connectivity index (χ0n) is 16.1. The highest BCUT2D eigenvalue weighted by Gasteiger charge is 2.32. The Morgan fingerprint density at radius 3 is 2.82 bits per heavy atom. The van der Waals surface area contributed by atoms with Crippen molar-refractivity contribution in [3.05, 3.63) is 71.1 Å². The first-order chi connectivity index (χ1) is 13.5. The molecule has 2 aromatic heterocycles. The molecule has 1 aromatic carbocycles. The molecule has 1 amide bonds. The first kappa shape index (κ1) is 18.0. The van der Waals surface area contributed by atoms with Gasteiger partial charge in [-0.2, -0.15) is 0 Å². The van der Waals surface area contributed by atoms with E-state index in [4.69, 9.17) is 0 Å². The molecule has 0 aliphatic carbocycles. The van der Waals surface area contributed by atoms with Gasteiger partial charge in [0.25, 0.3) is 5.91 Å². The number of anilines is 1. The van der Waals surface area contributed by atoms with Crippen molar-refractivity contribution >= 4 is 17.4 Å². The number of nitrogens with zero attached hydrogens (tertiary/aromatic N) is 5. The number of Topliss-reactive ketones (excluding diaryl/α,β-unsaturated/α-hetero) is 1. The van der Waals surface area contributed by atoms with Crippen LogP contribution in [0.2, 0.25) is 0 Å². The van der Waals surface area contributed by atoms with E-state index in [1.54, 1.807) is 17.3 Å². The smallest absolute Gasteiger partial charge is 0.259 e. The number of pyridine rings is 1. The fraction of sp³-hybridized carbons (Fsp3) is 0.286. The molecule has 0 N–H and O–H groups in total. The summed E-state index contributed by atoms with van der Waals surface area (Å²) >= 11 is 0. The SMILES string of the molecule is CC(=O)c1nccc2c1CN(c1cccc([C@H](C)Cc3nncn3C)c1)C2=O. The van der Waals surface area contributed by atoms with Crippen molar-refractivity contribution in [3.63, 3.8) is 0 Å². The highest BCUT2D eigenvalue weighted by molar-refractivity contribution is 6.12. The Kier molecular flexibility index (Phi) is 4.50. The minimum Gasteiger partial charge on any atom is -0.321 e. The van der Waals surface area contributed by atoms with Gasteiger partial charge in [0.05, 0.1) is 6.54 Å². The molecule has 3 aromatic rings. The number of hydrogen-bond acceptors (Lipinski definition) is 5. The van der Waals surface area contributed by atoms with E-state index in [2.05, 4.69) is 28.2 Å². The highest BCUT2D eigenvalue weighted by atomic mass is 16.2. The topological polar surface area (TPSA) is 81.0 Å². The molecule has 4 rings (SSSR count). The predicted molar refractivity (Wildman–Crippen MR) is 104 cm³/mol. The summed E-state index contributed by atoms with van der Waals surface area (Å²) in [6.45, 7) is 3.97. The number of carbonyl (C=O) groups is 2. The van der Waals surface area contributed by atoms with Crippen molar-refractivity contribution in [1.82, 2.24) is 19.7 Å². The lowest BCUT2D eigenvalue weighted by molar-refractivity contribution is 0.0994. The van der Waals surface area contributed by atoms with Gasteiger partial charge in [-0.05, 0) is 29.7 Å². The Hall–Kier alpha value is -3.35. The monoisotopic (exact) mass is 375 g/mol. The molecule has 1 atom stereocenters. The van der Waals surface area contributed by atoms with Crippen LogP contribution in [0.5, 0.6) is 0 Å². The Labute approximate surface area is 163 Å². The van der Waals surface area contributed by atoms with E-state index < -0.39 is 0 Å². The van der Waals surface area contributed by atoms with Crippen molar-refractivity contribution in [2.24, 2.45) is 7.05 Å². The number of carbonyl (C=O) groups excluding carboxylic acids is 2. The van der Waals surface area contributed by atoms with Gasteiger partial charge in [-0.3, -0.25) is 14.6 Å². The summed E-state index contributed by atoms with van der Waals surface area (Å²) < 4.78 is 1.91. The highest BCUT2D eigenvalue weighted by Crippen LogP contribution is 2.32. The van der Waals surface area contributed by atoms with Crippen molar-refractivity contribution in [3.8, 4) is 0 Å². The van der Waals surface area contributed by atoms with Gasteiger partial charge in [0.15, 0.2) is 5.78 Å². The van der Waals surface area contributed by atoms with Crippen LogP contribution in [-0.4, -0.2) is 31.4 Å². The van der Waals surface area contributed by atoms with E-state index in [1.165, 1.54) is 13.1 Å². The third-order valence-electron chi connectivity index (χ3n) is 5.23. The number of aromatic nitrogens is 4. The van der Waals surface area contributed by atoms with Gasteiger partial charge in [-0.25, -0.2) is 0 Å². The number of amides is 1. The van der Waals surface area contributed by atoms with Crippen molar-refractivity contribution < 1.29 is 9.59 Å². The molecule has 28 heavy (non-hydrogen) atoms. The molecular weight excluding hydrogens is 354 g/mol. The van der Waals surface area contributed by atoms with Gasteiger partial charge in [-0.1, -0.05) is 19.1 Å². The van der Waals surface area contributed by atoms with Gasteiger partial charge >= 0.3 is 0 Å². The van der Waals surface area contributed by atoms with Crippen molar-refractivity contribution in [2.45, 2.75) is 32.7 Å². The minimum absolute atomic E-state index is 0.0991. The first-order valence-corrected chi connectivity index (χ1v) is 9.19. The largest absolute Gasteiger partial charge is 0.321 e. The lowest BCUT2D eigenvalue weighted by Gasteiger charge is -2.19. The van der Waals surface area contributed by atoms with E-state index in [1.807, 2.05) is 29.8 Å². The summed E-state index contributed by atoms with van der Waals surface area (Å²) in [5.41, 5.74) is 3.57. The van der Waals surface area contributed by atoms with Crippen molar-refractivity contribution in [1.29, 1.82) is 0 Å². The molecule has 0 saturated carbocycles. The maximum Gasteiger partial charge on any atom is 0.259 e. The molecule has 0 bridgehead atoms. The van der Waals surface area contributed by atoms with Gasteiger partial charge in [-0.15, -0.1) is 10.2 Å². The lowest BCUT2D eigenvalue weighted by atomic mass is 9.97.